The van der Waals surface area contributed by atoms with E-state index in [2.05, 4.69) is 6.92 Å². The second-order valence-corrected chi connectivity index (χ2v) is 6.71. The quantitative estimate of drug-likeness (QED) is 0.772. The normalized spacial score (nSPS) is 42.4. The van der Waals surface area contributed by atoms with E-state index in [1.165, 1.54) is 7.11 Å². The van der Waals surface area contributed by atoms with Crippen molar-refractivity contribution in [1.82, 2.24) is 0 Å². The Labute approximate surface area is 107 Å². The molecular weight excluding hydrogens is 236 g/mol. The van der Waals surface area contributed by atoms with Crippen molar-refractivity contribution < 1.29 is 14.6 Å². The number of hydrogen-bond acceptors (Lipinski definition) is 4. The summed E-state index contributed by atoms with van der Waals surface area (Å²) >= 11 is 1.76. The molecule has 0 spiro atoms. The molecule has 0 aromatic carbocycles. The fourth-order valence-corrected chi connectivity index (χ4v) is 4.95. The second-order valence-electron chi connectivity index (χ2n) is 5.61. The zero-order valence-corrected chi connectivity index (χ0v) is 11.5. The van der Waals surface area contributed by atoms with Gasteiger partial charge in [0.1, 0.15) is 5.41 Å². The number of hydrogen-bond donors (Lipinski definition) is 1. The molecule has 0 aromatic heterocycles. The molecule has 1 saturated carbocycles. The molecule has 1 saturated heterocycles. The lowest BCUT2D eigenvalue weighted by molar-refractivity contribution is -0.176. The Bertz CT molecular complexity index is 299. The van der Waals surface area contributed by atoms with E-state index in [0.717, 1.165) is 37.9 Å². The zero-order valence-electron chi connectivity index (χ0n) is 10.7. The summed E-state index contributed by atoms with van der Waals surface area (Å²) in [5, 5.41) is 11.0. The smallest absolute Gasteiger partial charge is 0.315 e. The summed E-state index contributed by atoms with van der Waals surface area (Å²) in [7, 11) is 1.43. The van der Waals surface area contributed by atoms with E-state index in [0.29, 0.717) is 11.7 Å². The Kier molecular flexibility index (Phi) is 3.74. The number of aliphatic hydroxyl groups is 1. The predicted octanol–water partition coefficient (Wildman–Crippen LogP) is 2.22. The van der Waals surface area contributed by atoms with Crippen LogP contribution >= 0.6 is 11.8 Å². The third-order valence-electron chi connectivity index (χ3n) is 4.46. The molecule has 4 heteroatoms. The van der Waals surface area contributed by atoms with Gasteiger partial charge in [0.2, 0.25) is 0 Å². The van der Waals surface area contributed by atoms with Crippen LogP contribution in [0.2, 0.25) is 0 Å². The van der Waals surface area contributed by atoms with Gasteiger partial charge in [0, 0.05) is 5.75 Å². The second kappa shape index (κ2) is 4.81. The van der Waals surface area contributed by atoms with Gasteiger partial charge in [0.15, 0.2) is 0 Å². The topological polar surface area (TPSA) is 46.5 Å². The Hall–Kier alpha value is -0.220. The first-order chi connectivity index (χ1) is 8.04. The molecule has 1 heterocycles. The molecule has 0 bridgehead atoms. The first-order valence-electron chi connectivity index (χ1n) is 6.43. The van der Waals surface area contributed by atoms with Crippen molar-refractivity contribution in [2.45, 2.75) is 44.6 Å². The molecule has 17 heavy (non-hydrogen) atoms. The van der Waals surface area contributed by atoms with Crippen LogP contribution in [0.3, 0.4) is 0 Å². The molecule has 3 nitrogen and oxygen atoms in total. The van der Waals surface area contributed by atoms with Gasteiger partial charge in [-0.05, 0) is 30.9 Å². The van der Waals surface area contributed by atoms with E-state index in [1.54, 1.807) is 11.8 Å². The Morgan fingerprint density at radius 2 is 2.24 bits per heavy atom. The van der Waals surface area contributed by atoms with Crippen LogP contribution in [0.5, 0.6) is 0 Å². The van der Waals surface area contributed by atoms with Crippen LogP contribution in [0.4, 0.5) is 0 Å². The number of rotatable bonds is 2. The molecule has 1 aliphatic carbocycles. The SMILES string of the molecule is COC(=O)C1(C2(O)CCCC(C)C2)CCSC1. The summed E-state index contributed by atoms with van der Waals surface area (Å²) < 4.78 is 4.98. The van der Waals surface area contributed by atoms with Gasteiger partial charge in [-0.15, -0.1) is 0 Å². The molecule has 98 valence electrons. The van der Waals surface area contributed by atoms with Gasteiger partial charge in [-0.3, -0.25) is 4.79 Å². The first kappa shape index (κ1) is 13.2. The van der Waals surface area contributed by atoms with Gasteiger partial charge >= 0.3 is 5.97 Å². The van der Waals surface area contributed by atoms with Crippen molar-refractivity contribution in [2.75, 3.05) is 18.6 Å². The van der Waals surface area contributed by atoms with Crippen LogP contribution in [0, 0.1) is 11.3 Å². The number of thioether (sulfide) groups is 1. The summed E-state index contributed by atoms with van der Waals surface area (Å²) in [6.45, 7) is 2.16. The van der Waals surface area contributed by atoms with Gasteiger partial charge in [-0.1, -0.05) is 19.8 Å². The molecule has 0 amide bonds. The van der Waals surface area contributed by atoms with E-state index >= 15 is 0 Å². The van der Waals surface area contributed by atoms with Crippen LogP contribution in [0.1, 0.15) is 39.0 Å². The fraction of sp³-hybridized carbons (Fsp3) is 0.923. The van der Waals surface area contributed by atoms with Gasteiger partial charge in [0.25, 0.3) is 0 Å². The van der Waals surface area contributed by atoms with Gasteiger partial charge in [0.05, 0.1) is 12.7 Å². The van der Waals surface area contributed by atoms with E-state index in [4.69, 9.17) is 4.74 Å². The average molecular weight is 258 g/mol. The van der Waals surface area contributed by atoms with Crippen molar-refractivity contribution in [3.8, 4) is 0 Å². The number of ether oxygens (including phenoxy) is 1. The molecular formula is C13H22O3S. The summed E-state index contributed by atoms with van der Waals surface area (Å²) in [6.07, 6.45) is 4.41. The van der Waals surface area contributed by atoms with Gasteiger partial charge in [-0.2, -0.15) is 11.8 Å². The predicted molar refractivity (Wildman–Crippen MR) is 69.0 cm³/mol. The minimum atomic E-state index is -0.846. The number of carbonyl (C=O) groups excluding carboxylic acids is 1. The van der Waals surface area contributed by atoms with Crippen LogP contribution in [-0.2, 0) is 9.53 Å². The third kappa shape index (κ3) is 2.10. The lowest BCUT2D eigenvalue weighted by atomic mass is 9.62. The minimum Gasteiger partial charge on any atom is -0.468 e. The lowest BCUT2D eigenvalue weighted by Gasteiger charge is -2.46. The van der Waals surface area contributed by atoms with Crippen molar-refractivity contribution in [3.63, 3.8) is 0 Å². The van der Waals surface area contributed by atoms with Crippen LogP contribution < -0.4 is 0 Å². The molecule has 2 fully saturated rings. The van der Waals surface area contributed by atoms with Crippen molar-refractivity contribution in [2.24, 2.45) is 11.3 Å². The molecule has 0 aromatic rings. The number of methoxy groups -OCH3 is 1. The summed E-state index contributed by atoms with van der Waals surface area (Å²) in [5.41, 5.74) is -1.50. The molecule has 1 N–H and O–H groups in total. The maximum Gasteiger partial charge on any atom is 0.315 e. The molecule has 3 atom stereocenters. The van der Waals surface area contributed by atoms with Crippen LogP contribution in [-0.4, -0.2) is 35.3 Å². The van der Waals surface area contributed by atoms with Crippen LogP contribution in [0.25, 0.3) is 0 Å². The third-order valence-corrected chi connectivity index (χ3v) is 5.65. The average Bonchev–Trinajstić information content (AvgIpc) is 2.78. The first-order valence-corrected chi connectivity index (χ1v) is 7.58. The van der Waals surface area contributed by atoms with E-state index in [-0.39, 0.29) is 5.97 Å². The molecule has 2 aliphatic rings. The van der Waals surface area contributed by atoms with E-state index in [1.807, 2.05) is 0 Å². The van der Waals surface area contributed by atoms with Crippen LogP contribution in [0.15, 0.2) is 0 Å². The highest BCUT2D eigenvalue weighted by molar-refractivity contribution is 7.99. The Balaban J connectivity index is 2.28. The van der Waals surface area contributed by atoms with Crippen molar-refractivity contribution in [3.05, 3.63) is 0 Å². The number of esters is 1. The fourth-order valence-electron chi connectivity index (χ4n) is 3.44. The van der Waals surface area contributed by atoms with Gasteiger partial charge < -0.3 is 9.84 Å². The highest BCUT2D eigenvalue weighted by Gasteiger charge is 2.58. The van der Waals surface area contributed by atoms with Crippen molar-refractivity contribution in [1.29, 1.82) is 0 Å². The standard InChI is InChI=1S/C13H22O3S/c1-10-4-3-5-13(15,8-10)12(11(14)16-2)6-7-17-9-12/h10,15H,3-9H2,1-2H3. The molecule has 0 radical (unpaired) electrons. The summed E-state index contributed by atoms with van der Waals surface area (Å²) in [6, 6.07) is 0. The lowest BCUT2D eigenvalue weighted by Crippen LogP contribution is -2.56. The molecule has 3 unspecified atom stereocenters. The molecule has 2 rings (SSSR count). The van der Waals surface area contributed by atoms with E-state index in [9.17, 15) is 9.90 Å². The maximum atomic E-state index is 12.2. The number of carbonyl (C=O) groups is 1. The van der Waals surface area contributed by atoms with Crippen molar-refractivity contribution >= 4 is 17.7 Å². The summed E-state index contributed by atoms with van der Waals surface area (Å²) in [5.74, 6) is 1.95. The highest BCUT2D eigenvalue weighted by Crippen LogP contribution is 2.52. The monoisotopic (exact) mass is 258 g/mol. The minimum absolute atomic E-state index is 0.209. The van der Waals surface area contributed by atoms with E-state index < -0.39 is 11.0 Å². The zero-order chi connectivity index (χ0) is 12.5. The maximum absolute atomic E-state index is 12.2. The Morgan fingerprint density at radius 3 is 2.76 bits per heavy atom. The molecule has 1 aliphatic heterocycles. The van der Waals surface area contributed by atoms with Gasteiger partial charge in [-0.25, -0.2) is 0 Å². The highest BCUT2D eigenvalue weighted by atomic mass is 32.2. The Morgan fingerprint density at radius 1 is 1.47 bits per heavy atom. The largest absolute Gasteiger partial charge is 0.468 e. The summed E-state index contributed by atoms with van der Waals surface area (Å²) in [4.78, 5) is 12.2.